The van der Waals surface area contributed by atoms with E-state index in [1.807, 2.05) is 5.43 Å². The van der Waals surface area contributed by atoms with Gasteiger partial charge in [-0.15, -0.1) is 0 Å². The molecule has 0 bridgehead atoms. The largest absolute Gasteiger partial charge is 0.449 e. The maximum Gasteiger partial charge on any atom is 0.426 e. The summed E-state index contributed by atoms with van der Waals surface area (Å²) in [6.45, 7) is 1.75. The molecule has 2 N–H and O–H groups in total. The molecular formula is C12H13F3N2O3. The van der Waals surface area contributed by atoms with Crippen molar-refractivity contribution in [2.45, 2.75) is 19.5 Å². The highest BCUT2D eigenvalue weighted by atomic mass is 19.4. The first-order valence-corrected chi connectivity index (χ1v) is 5.70. The van der Waals surface area contributed by atoms with Crippen LogP contribution in [0.5, 0.6) is 0 Å². The van der Waals surface area contributed by atoms with Crippen molar-refractivity contribution >= 4 is 12.0 Å². The molecule has 0 unspecified atom stereocenters. The Balaban J connectivity index is 2.48. The summed E-state index contributed by atoms with van der Waals surface area (Å²) < 4.78 is 41.5. The highest BCUT2D eigenvalue weighted by Gasteiger charge is 2.29. The van der Waals surface area contributed by atoms with E-state index in [1.165, 1.54) is 12.1 Å². The summed E-state index contributed by atoms with van der Waals surface area (Å²) in [5, 5.41) is 0. The fourth-order valence-corrected chi connectivity index (χ4v) is 1.33. The minimum atomic E-state index is -4.41. The first kappa shape index (κ1) is 15.8. The lowest BCUT2D eigenvalue weighted by Gasteiger charge is -2.09. The average Bonchev–Trinajstić information content (AvgIpc) is 2.36. The SMILES string of the molecule is CCOC(=O)NNC(=O)Cc1ccc(C(F)(F)F)cc1. The lowest BCUT2D eigenvalue weighted by molar-refractivity contribution is -0.137. The third kappa shape index (κ3) is 5.17. The van der Waals surface area contributed by atoms with Crippen LogP contribution < -0.4 is 10.9 Å². The lowest BCUT2D eigenvalue weighted by Crippen LogP contribution is -2.42. The van der Waals surface area contributed by atoms with Crippen molar-refractivity contribution in [3.8, 4) is 0 Å². The van der Waals surface area contributed by atoms with Gasteiger partial charge in [-0.3, -0.25) is 10.2 Å². The van der Waals surface area contributed by atoms with Crippen LogP contribution in [-0.2, 0) is 22.1 Å². The molecule has 0 saturated carbocycles. The van der Waals surface area contributed by atoms with Crippen LogP contribution in [0.1, 0.15) is 18.1 Å². The number of rotatable bonds is 3. The summed E-state index contributed by atoms with van der Waals surface area (Å²) in [6.07, 6.45) is -5.38. The van der Waals surface area contributed by atoms with Crippen LogP contribution in [0.15, 0.2) is 24.3 Å². The number of halogens is 3. The van der Waals surface area contributed by atoms with Gasteiger partial charge in [0.15, 0.2) is 0 Å². The number of hydrazine groups is 1. The number of hydrogen-bond acceptors (Lipinski definition) is 3. The molecule has 110 valence electrons. The monoisotopic (exact) mass is 290 g/mol. The molecule has 0 atom stereocenters. The third-order valence-corrected chi connectivity index (χ3v) is 2.23. The van der Waals surface area contributed by atoms with Gasteiger partial charge >= 0.3 is 12.3 Å². The molecule has 0 heterocycles. The van der Waals surface area contributed by atoms with E-state index >= 15 is 0 Å². The Labute approximate surface area is 113 Å². The van der Waals surface area contributed by atoms with E-state index in [1.54, 1.807) is 6.92 Å². The zero-order valence-corrected chi connectivity index (χ0v) is 10.6. The minimum Gasteiger partial charge on any atom is -0.449 e. The molecule has 0 radical (unpaired) electrons. The van der Waals surface area contributed by atoms with Gasteiger partial charge in [0.25, 0.3) is 0 Å². The number of alkyl halides is 3. The minimum absolute atomic E-state index is 0.153. The van der Waals surface area contributed by atoms with Gasteiger partial charge in [-0.2, -0.15) is 13.2 Å². The van der Waals surface area contributed by atoms with Gasteiger partial charge in [-0.25, -0.2) is 10.2 Å². The topological polar surface area (TPSA) is 67.4 Å². The molecule has 0 aliphatic heterocycles. The van der Waals surface area contributed by atoms with Gasteiger partial charge in [-0.1, -0.05) is 12.1 Å². The van der Waals surface area contributed by atoms with Crippen LogP contribution in [0, 0.1) is 0 Å². The van der Waals surface area contributed by atoms with Crippen LogP contribution in [0.4, 0.5) is 18.0 Å². The second-order valence-electron chi connectivity index (χ2n) is 3.77. The Morgan fingerprint density at radius 2 is 1.75 bits per heavy atom. The van der Waals surface area contributed by atoms with Gasteiger partial charge in [0.1, 0.15) is 0 Å². The Bertz CT molecular complexity index is 472. The molecule has 1 aromatic carbocycles. The molecule has 2 amide bonds. The van der Waals surface area contributed by atoms with Crippen molar-refractivity contribution in [1.29, 1.82) is 0 Å². The zero-order valence-electron chi connectivity index (χ0n) is 10.6. The van der Waals surface area contributed by atoms with Crippen LogP contribution >= 0.6 is 0 Å². The van der Waals surface area contributed by atoms with Crippen LogP contribution in [0.2, 0.25) is 0 Å². The molecule has 0 aliphatic carbocycles. The average molecular weight is 290 g/mol. The van der Waals surface area contributed by atoms with E-state index in [-0.39, 0.29) is 13.0 Å². The first-order chi connectivity index (χ1) is 9.32. The number of benzene rings is 1. The van der Waals surface area contributed by atoms with E-state index in [0.717, 1.165) is 12.1 Å². The summed E-state index contributed by atoms with van der Waals surface area (Å²) in [5.74, 6) is -0.571. The second kappa shape index (κ2) is 6.78. The van der Waals surface area contributed by atoms with Crippen LogP contribution in [-0.4, -0.2) is 18.6 Å². The number of hydrogen-bond donors (Lipinski definition) is 2. The van der Waals surface area contributed by atoms with E-state index in [4.69, 9.17) is 0 Å². The van der Waals surface area contributed by atoms with E-state index in [0.29, 0.717) is 5.56 Å². The second-order valence-corrected chi connectivity index (χ2v) is 3.77. The molecule has 1 rings (SSSR count). The van der Waals surface area contributed by atoms with Crippen molar-refractivity contribution in [3.05, 3.63) is 35.4 Å². The van der Waals surface area contributed by atoms with E-state index in [2.05, 4.69) is 10.2 Å². The zero-order chi connectivity index (χ0) is 15.2. The molecule has 5 nitrogen and oxygen atoms in total. The molecule has 8 heteroatoms. The van der Waals surface area contributed by atoms with Crippen molar-refractivity contribution in [3.63, 3.8) is 0 Å². The van der Waals surface area contributed by atoms with Crippen molar-refractivity contribution in [1.82, 2.24) is 10.9 Å². The Morgan fingerprint density at radius 1 is 1.15 bits per heavy atom. The maximum atomic E-state index is 12.3. The number of ether oxygens (including phenoxy) is 1. The van der Waals surface area contributed by atoms with Gasteiger partial charge in [0.05, 0.1) is 18.6 Å². The summed E-state index contributed by atoms with van der Waals surface area (Å²) in [5.41, 5.74) is 3.68. The molecule has 0 aromatic heterocycles. The Morgan fingerprint density at radius 3 is 2.25 bits per heavy atom. The molecule has 20 heavy (non-hydrogen) atoms. The quantitative estimate of drug-likeness (QED) is 0.837. The normalized spacial score (nSPS) is 10.8. The van der Waals surface area contributed by atoms with Gasteiger partial charge in [0, 0.05) is 0 Å². The van der Waals surface area contributed by atoms with Crippen molar-refractivity contribution in [2.24, 2.45) is 0 Å². The smallest absolute Gasteiger partial charge is 0.426 e. The molecule has 1 aromatic rings. The lowest BCUT2D eigenvalue weighted by atomic mass is 10.1. The molecule has 0 spiro atoms. The molecule has 0 fully saturated rings. The van der Waals surface area contributed by atoms with Gasteiger partial charge in [-0.05, 0) is 24.6 Å². The molecule has 0 aliphatic rings. The van der Waals surface area contributed by atoms with E-state index in [9.17, 15) is 22.8 Å². The van der Waals surface area contributed by atoms with Crippen molar-refractivity contribution < 1.29 is 27.5 Å². The number of nitrogens with one attached hydrogen (secondary N) is 2. The summed E-state index contributed by atoms with van der Waals surface area (Å²) >= 11 is 0. The highest BCUT2D eigenvalue weighted by Crippen LogP contribution is 2.29. The van der Waals surface area contributed by atoms with Crippen molar-refractivity contribution in [2.75, 3.05) is 6.61 Å². The van der Waals surface area contributed by atoms with Gasteiger partial charge in [0.2, 0.25) is 5.91 Å². The predicted molar refractivity (Wildman–Crippen MR) is 63.4 cm³/mol. The van der Waals surface area contributed by atoms with Gasteiger partial charge < -0.3 is 4.74 Å². The standard InChI is InChI=1S/C12H13F3N2O3/c1-2-20-11(19)17-16-10(18)7-8-3-5-9(6-4-8)12(13,14)15/h3-6H,2,7H2,1H3,(H,16,18)(H,17,19). The number of carbonyl (C=O) groups excluding carboxylic acids is 2. The highest BCUT2D eigenvalue weighted by molar-refractivity contribution is 5.80. The summed E-state index contributed by atoms with van der Waals surface area (Å²) in [4.78, 5) is 22.3. The van der Waals surface area contributed by atoms with E-state index < -0.39 is 23.7 Å². The first-order valence-electron chi connectivity index (χ1n) is 5.70. The Hall–Kier alpha value is -2.25. The van der Waals surface area contributed by atoms with Crippen LogP contribution in [0.25, 0.3) is 0 Å². The third-order valence-electron chi connectivity index (χ3n) is 2.23. The Kier molecular flexibility index (Phi) is 5.36. The maximum absolute atomic E-state index is 12.3. The summed E-state index contributed by atoms with van der Waals surface area (Å²) in [7, 11) is 0. The summed E-state index contributed by atoms with van der Waals surface area (Å²) in [6, 6.07) is 4.18. The number of amides is 2. The molecule has 0 saturated heterocycles. The van der Waals surface area contributed by atoms with Crippen LogP contribution in [0.3, 0.4) is 0 Å². The number of carbonyl (C=O) groups is 2. The fraction of sp³-hybridized carbons (Fsp3) is 0.333. The predicted octanol–water partition coefficient (Wildman–Crippen LogP) is 2.03. The molecular weight excluding hydrogens is 277 g/mol. The fourth-order valence-electron chi connectivity index (χ4n) is 1.33.